The van der Waals surface area contributed by atoms with Gasteiger partial charge in [0, 0.05) is 12.7 Å². The number of likely N-dealkylation sites (N-methyl/N-ethyl adjacent to an activating group) is 1. The summed E-state index contributed by atoms with van der Waals surface area (Å²) in [6.07, 6.45) is 0. The van der Waals surface area contributed by atoms with E-state index in [9.17, 15) is 14.0 Å². The Labute approximate surface area is 144 Å². The van der Waals surface area contributed by atoms with Crippen LogP contribution < -0.4 is 10.1 Å². The Balaban J connectivity index is 1.81. The van der Waals surface area contributed by atoms with Crippen LogP contribution in [0.5, 0.6) is 5.75 Å². The van der Waals surface area contributed by atoms with Crippen molar-refractivity contribution in [3.63, 3.8) is 0 Å². The van der Waals surface area contributed by atoms with Crippen molar-refractivity contribution in [2.24, 2.45) is 0 Å². The highest BCUT2D eigenvalue weighted by molar-refractivity contribution is 6.32. The monoisotopic (exact) mass is 350 g/mol. The summed E-state index contributed by atoms with van der Waals surface area (Å²) in [4.78, 5) is 25.1. The van der Waals surface area contributed by atoms with Crippen LogP contribution in [0.3, 0.4) is 0 Å². The molecule has 0 saturated heterocycles. The Bertz CT molecular complexity index is 722. The molecule has 2 rings (SSSR count). The summed E-state index contributed by atoms with van der Waals surface area (Å²) in [5, 5.41) is 2.98. The van der Waals surface area contributed by atoms with Crippen LogP contribution in [0.4, 0.5) is 10.1 Å². The number of hydrogen-bond acceptors (Lipinski definition) is 3. The van der Waals surface area contributed by atoms with Gasteiger partial charge in [0.05, 0.1) is 11.6 Å². The zero-order valence-corrected chi connectivity index (χ0v) is 13.7. The lowest BCUT2D eigenvalue weighted by atomic mass is 10.3. The standard InChI is InChI=1S/C17H16ClFN2O3/c1-21(10-16(22)20-13-8-6-12(19)7-9-13)17(23)11-24-15-5-3-2-4-14(15)18/h2-9H,10-11H2,1H3,(H,20,22). The van der Waals surface area contributed by atoms with E-state index >= 15 is 0 Å². The molecule has 7 heteroatoms. The summed E-state index contributed by atoms with van der Waals surface area (Å²) in [6, 6.07) is 12.2. The molecule has 0 aliphatic heterocycles. The Morgan fingerprint density at radius 3 is 2.50 bits per heavy atom. The van der Waals surface area contributed by atoms with Crippen LogP contribution >= 0.6 is 11.6 Å². The van der Waals surface area contributed by atoms with E-state index in [2.05, 4.69) is 5.32 Å². The van der Waals surface area contributed by atoms with E-state index in [-0.39, 0.29) is 19.1 Å². The molecule has 0 aliphatic carbocycles. The number of carbonyl (C=O) groups excluding carboxylic acids is 2. The number of nitrogens with one attached hydrogen (secondary N) is 1. The fourth-order valence-corrected chi connectivity index (χ4v) is 2.04. The summed E-state index contributed by atoms with van der Waals surface area (Å²) < 4.78 is 18.1. The normalized spacial score (nSPS) is 10.1. The Morgan fingerprint density at radius 2 is 1.83 bits per heavy atom. The van der Waals surface area contributed by atoms with E-state index < -0.39 is 11.7 Å². The Hall–Kier alpha value is -2.60. The molecule has 0 saturated carbocycles. The predicted molar refractivity (Wildman–Crippen MR) is 89.6 cm³/mol. The van der Waals surface area contributed by atoms with Gasteiger partial charge in [-0.05, 0) is 36.4 Å². The minimum atomic E-state index is -0.393. The summed E-state index contributed by atoms with van der Waals surface area (Å²) >= 11 is 5.93. The highest BCUT2D eigenvalue weighted by Crippen LogP contribution is 2.22. The molecule has 0 aliphatic rings. The molecule has 24 heavy (non-hydrogen) atoms. The van der Waals surface area contributed by atoms with E-state index in [0.29, 0.717) is 16.5 Å². The van der Waals surface area contributed by atoms with Gasteiger partial charge in [-0.1, -0.05) is 23.7 Å². The number of ether oxygens (including phenoxy) is 1. The van der Waals surface area contributed by atoms with Crippen molar-refractivity contribution in [3.05, 3.63) is 59.4 Å². The van der Waals surface area contributed by atoms with Crippen LogP contribution in [-0.4, -0.2) is 36.9 Å². The van der Waals surface area contributed by atoms with Crippen molar-refractivity contribution in [2.75, 3.05) is 25.5 Å². The fourth-order valence-electron chi connectivity index (χ4n) is 1.85. The van der Waals surface area contributed by atoms with Crippen LogP contribution in [0.15, 0.2) is 48.5 Å². The van der Waals surface area contributed by atoms with Crippen LogP contribution in [0, 0.1) is 5.82 Å². The largest absolute Gasteiger partial charge is 0.482 e. The Kier molecular flexibility index (Phi) is 6.14. The summed E-state index contributed by atoms with van der Waals surface area (Å²) in [5.74, 6) is -0.756. The number of amides is 2. The maximum atomic E-state index is 12.8. The third kappa shape index (κ3) is 5.24. The lowest BCUT2D eigenvalue weighted by Crippen LogP contribution is -2.37. The molecule has 0 atom stereocenters. The zero-order valence-electron chi connectivity index (χ0n) is 13.0. The molecule has 2 amide bonds. The van der Waals surface area contributed by atoms with Gasteiger partial charge in [-0.2, -0.15) is 0 Å². The van der Waals surface area contributed by atoms with Gasteiger partial charge in [-0.3, -0.25) is 9.59 Å². The topological polar surface area (TPSA) is 58.6 Å². The number of hydrogen-bond donors (Lipinski definition) is 1. The van der Waals surface area contributed by atoms with Crippen molar-refractivity contribution < 1.29 is 18.7 Å². The van der Waals surface area contributed by atoms with E-state index in [1.165, 1.54) is 36.2 Å². The summed E-state index contributed by atoms with van der Waals surface area (Å²) in [5.41, 5.74) is 0.453. The number of carbonyl (C=O) groups is 2. The van der Waals surface area contributed by atoms with Crippen molar-refractivity contribution >= 4 is 29.1 Å². The lowest BCUT2D eigenvalue weighted by Gasteiger charge is -2.17. The highest BCUT2D eigenvalue weighted by Gasteiger charge is 2.14. The molecule has 0 heterocycles. The van der Waals surface area contributed by atoms with E-state index in [0.717, 1.165) is 0 Å². The first kappa shape index (κ1) is 17.7. The number of rotatable bonds is 6. The van der Waals surface area contributed by atoms with E-state index in [4.69, 9.17) is 16.3 Å². The van der Waals surface area contributed by atoms with Crippen LogP contribution in [0.2, 0.25) is 5.02 Å². The van der Waals surface area contributed by atoms with Crippen LogP contribution in [-0.2, 0) is 9.59 Å². The maximum Gasteiger partial charge on any atom is 0.260 e. The van der Waals surface area contributed by atoms with Crippen molar-refractivity contribution in [2.45, 2.75) is 0 Å². The average Bonchev–Trinajstić information content (AvgIpc) is 2.56. The second-order valence-electron chi connectivity index (χ2n) is 5.02. The predicted octanol–water partition coefficient (Wildman–Crippen LogP) is 2.96. The van der Waals surface area contributed by atoms with Gasteiger partial charge < -0.3 is 15.0 Å². The van der Waals surface area contributed by atoms with Crippen LogP contribution in [0.1, 0.15) is 0 Å². The number of benzene rings is 2. The number of para-hydroxylation sites is 1. The minimum absolute atomic E-state index is 0.151. The van der Waals surface area contributed by atoms with E-state index in [1.54, 1.807) is 24.3 Å². The van der Waals surface area contributed by atoms with Crippen molar-refractivity contribution in [1.82, 2.24) is 4.90 Å². The summed E-state index contributed by atoms with van der Waals surface area (Å²) in [7, 11) is 1.49. The highest BCUT2D eigenvalue weighted by atomic mass is 35.5. The fraction of sp³-hybridized carbons (Fsp3) is 0.176. The van der Waals surface area contributed by atoms with Gasteiger partial charge >= 0.3 is 0 Å². The molecule has 5 nitrogen and oxygen atoms in total. The summed E-state index contributed by atoms with van der Waals surface area (Å²) in [6.45, 7) is -0.383. The molecule has 0 spiro atoms. The first-order valence-electron chi connectivity index (χ1n) is 7.12. The van der Waals surface area contributed by atoms with Gasteiger partial charge in [-0.15, -0.1) is 0 Å². The second kappa shape index (κ2) is 8.31. The quantitative estimate of drug-likeness (QED) is 0.871. The molecule has 0 fully saturated rings. The molecule has 126 valence electrons. The first-order valence-corrected chi connectivity index (χ1v) is 7.50. The molecular weight excluding hydrogens is 335 g/mol. The molecule has 2 aromatic carbocycles. The van der Waals surface area contributed by atoms with Gasteiger partial charge in [0.25, 0.3) is 5.91 Å². The molecular formula is C17H16ClFN2O3. The SMILES string of the molecule is CN(CC(=O)Nc1ccc(F)cc1)C(=O)COc1ccccc1Cl. The number of nitrogens with zero attached hydrogens (tertiary/aromatic N) is 1. The van der Waals surface area contributed by atoms with Gasteiger partial charge in [-0.25, -0.2) is 4.39 Å². The third-order valence-electron chi connectivity index (χ3n) is 3.12. The van der Waals surface area contributed by atoms with Crippen molar-refractivity contribution in [1.29, 1.82) is 0 Å². The third-order valence-corrected chi connectivity index (χ3v) is 3.43. The minimum Gasteiger partial charge on any atom is -0.482 e. The smallest absolute Gasteiger partial charge is 0.260 e. The average molecular weight is 351 g/mol. The molecule has 2 aromatic rings. The second-order valence-corrected chi connectivity index (χ2v) is 5.43. The molecule has 0 bridgehead atoms. The van der Waals surface area contributed by atoms with Gasteiger partial charge in [0.2, 0.25) is 5.91 Å². The van der Waals surface area contributed by atoms with Gasteiger partial charge in [0.15, 0.2) is 6.61 Å². The number of halogens is 2. The van der Waals surface area contributed by atoms with Crippen LogP contribution in [0.25, 0.3) is 0 Å². The Morgan fingerprint density at radius 1 is 1.17 bits per heavy atom. The molecule has 0 aromatic heterocycles. The first-order chi connectivity index (χ1) is 11.5. The molecule has 1 N–H and O–H groups in total. The van der Waals surface area contributed by atoms with E-state index in [1.807, 2.05) is 0 Å². The zero-order chi connectivity index (χ0) is 17.5. The van der Waals surface area contributed by atoms with Crippen molar-refractivity contribution in [3.8, 4) is 5.75 Å². The molecule has 0 radical (unpaired) electrons. The maximum absolute atomic E-state index is 12.8. The lowest BCUT2D eigenvalue weighted by molar-refractivity contribution is -0.135. The van der Waals surface area contributed by atoms with Gasteiger partial charge in [0.1, 0.15) is 11.6 Å². The number of anilines is 1. The molecule has 0 unspecified atom stereocenters.